The monoisotopic (exact) mass is 494 g/mol. The molecular weight excluding hydrogens is 475 g/mol. The van der Waals surface area contributed by atoms with Crippen molar-refractivity contribution in [3.05, 3.63) is 64.5 Å². The normalized spacial score (nSPS) is 17.2. The number of carbonyl (C=O) groups is 1. The Bertz CT molecular complexity index is 1200. The molecule has 168 valence electrons. The number of benzene rings is 2. The summed E-state index contributed by atoms with van der Waals surface area (Å²) in [6, 6.07) is 13.0. The molecule has 1 unspecified atom stereocenters. The lowest BCUT2D eigenvalue weighted by Crippen LogP contribution is -2.45. The first kappa shape index (κ1) is 22.7. The Morgan fingerprint density at radius 1 is 1.09 bits per heavy atom. The molecule has 0 bridgehead atoms. The number of piperidine rings is 1. The van der Waals surface area contributed by atoms with Crippen LogP contribution in [0, 0.1) is 5.92 Å². The van der Waals surface area contributed by atoms with Crippen LogP contribution in [0.5, 0.6) is 0 Å². The van der Waals surface area contributed by atoms with Gasteiger partial charge in [0.05, 0.1) is 17.4 Å². The first-order valence-electron chi connectivity index (χ1n) is 9.95. The summed E-state index contributed by atoms with van der Waals surface area (Å²) in [5.41, 5.74) is 0.742. The lowest BCUT2D eigenvalue weighted by Gasteiger charge is -2.31. The Morgan fingerprint density at radius 3 is 2.44 bits per heavy atom. The van der Waals surface area contributed by atoms with Gasteiger partial charge in [0.25, 0.3) is 0 Å². The number of amides is 1. The number of nitrogens with one attached hydrogen (secondary N) is 1. The minimum absolute atomic E-state index is 0.0554. The summed E-state index contributed by atoms with van der Waals surface area (Å²) in [5, 5.41) is 7.74. The van der Waals surface area contributed by atoms with E-state index >= 15 is 0 Å². The van der Waals surface area contributed by atoms with E-state index in [4.69, 9.17) is 27.7 Å². The highest BCUT2D eigenvalue weighted by Crippen LogP contribution is 2.25. The Balaban J connectivity index is 1.36. The zero-order valence-corrected chi connectivity index (χ0v) is 19.2. The second-order valence-electron chi connectivity index (χ2n) is 7.39. The molecule has 32 heavy (non-hydrogen) atoms. The standard InChI is InChI=1S/C21H20Cl2N4O4S/c22-16-5-3-14(4-6-16)20-25-19(31-26-20)12-24-21(28)15-2-1-11-27(13-15)32(29,30)18-9-7-17(23)8-10-18/h3-10,15H,1-2,11-13H2,(H,24,28). The molecule has 11 heteroatoms. The van der Waals surface area contributed by atoms with Crippen LogP contribution in [0.15, 0.2) is 57.9 Å². The van der Waals surface area contributed by atoms with Crippen molar-refractivity contribution in [2.75, 3.05) is 13.1 Å². The fourth-order valence-electron chi connectivity index (χ4n) is 3.48. The zero-order chi connectivity index (χ0) is 22.7. The van der Waals surface area contributed by atoms with Crippen molar-refractivity contribution >= 4 is 39.1 Å². The predicted molar refractivity (Wildman–Crippen MR) is 120 cm³/mol. The fraction of sp³-hybridized carbons (Fsp3) is 0.286. The maximum Gasteiger partial charge on any atom is 0.246 e. The summed E-state index contributed by atoms with van der Waals surface area (Å²) in [6.45, 7) is 0.527. The quantitative estimate of drug-likeness (QED) is 0.559. The summed E-state index contributed by atoms with van der Waals surface area (Å²) >= 11 is 11.7. The molecule has 1 N–H and O–H groups in total. The minimum atomic E-state index is -3.70. The zero-order valence-electron chi connectivity index (χ0n) is 16.9. The number of sulfonamides is 1. The van der Waals surface area contributed by atoms with E-state index in [9.17, 15) is 13.2 Å². The average Bonchev–Trinajstić information content (AvgIpc) is 3.27. The lowest BCUT2D eigenvalue weighted by molar-refractivity contribution is -0.126. The maximum absolute atomic E-state index is 12.9. The Kier molecular flexibility index (Phi) is 6.80. The Morgan fingerprint density at radius 2 is 1.75 bits per heavy atom. The highest BCUT2D eigenvalue weighted by atomic mass is 35.5. The molecule has 1 saturated heterocycles. The van der Waals surface area contributed by atoms with E-state index < -0.39 is 15.9 Å². The minimum Gasteiger partial charge on any atom is -0.347 e. The van der Waals surface area contributed by atoms with Crippen molar-refractivity contribution in [1.82, 2.24) is 19.8 Å². The lowest BCUT2D eigenvalue weighted by atomic mass is 9.99. The smallest absolute Gasteiger partial charge is 0.246 e. The molecular formula is C21H20Cl2N4O4S. The fourth-order valence-corrected chi connectivity index (χ4v) is 5.26. The number of carbonyl (C=O) groups excluding carboxylic acids is 1. The second-order valence-corrected chi connectivity index (χ2v) is 10.2. The highest BCUT2D eigenvalue weighted by Gasteiger charge is 2.33. The van der Waals surface area contributed by atoms with Crippen molar-refractivity contribution in [1.29, 1.82) is 0 Å². The molecule has 2 heterocycles. The third-order valence-electron chi connectivity index (χ3n) is 5.19. The van der Waals surface area contributed by atoms with E-state index in [0.717, 1.165) is 5.56 Å². The molecule has 1 aliphatic rings. The van der Waals surface area contributed by atoms with Gasteiger partial charge in [0, 0.05) is 28.7 Å². The van der Waals surface area contributed by atoms with Crippen LogP contribution in [0.2, 0.25) is 10.0 Å². The van der Waals surface area contributed by atoms with Gasteiger partial charge in [-0.2, -0.15) is 9.29 Å². The van der Waals surface area contributed by atoms with Crippen LogP contribution in [0.3, 0.4) is 0 Å². The van der Waals surface area contributed by atoms with Gasteiger partial charge in [0.1, 0.15) is 0 Å². The summed E-state index contributed by atoms with van der Waals surface area (Å²) in [7, 11) is -3.70. The Labute approximate surface area is 195 Å². The molecule has 3 aromatic rings. The highest BCUT2D eigenvalue weighted by molar-refractivity contribution is 7.89. The van der Waals surface area contributed by atoms with Crippen LogP contribution >= 0.6 is 23.2 Å². The number of hydrogen-bond donors (Lipinski definition) is 1. The van der Waals surface area contributed by atoms with E-state index in [-0.39, 0.29) is 29.8 Å². The number of aromatic nitrogens is 2. The van der Waals surface area contributed by atoms with Gasteiger partial charge in [-0.15, -0.1) is 0 Å². The molecule has 0 spiro atoms. The van der Waals surface area contributed by atoms with E-state index in [1.807, 2.05) is 0 Å². The first-order chi connectivity index (χ1) is 15.3. The topological polar surface area (TPSA) is 105 Å². The summed E-state index contributed by atoms with van der Waals surface area (Å²) < 4.78 is 32.4. The van der Waals surface area contributed by atoms with Gasteiger partial charge in [-0.05, 0) is 61.4 Å². The summed E-state index contributed by atoms with van der Waals surface area (Å²) in [6.07, 6.45) is 1.19. The van der Waals surface area contributed by atoms with Crippen LogP contribution in [0.1, 0.15) is 18.7 Å². The van der Waals surface area contributed by atoms with E-state index in [0.29, 0.717) is 35.3 Å². The van der Waals surface area contributed by atoms with Crippen LogP contribution in [-0.4, -0.2) is 41.9 Å². The third-order valence-corrected chi connectivity index (χ3v) is 7.57. The van der Waals surface area contributed by atoms with Crippen LogP contribution in [0.4, 0.5) is 0 Å². The molecule has 0 saturated carbocycles. The molecule has 0 radical (unpaired) electrons. The van der Waals surface area contributed by atoms with Crippen molar-refractivity contribution in [3.8, 4) is 11.4 Å². The summed E-state index contributed by atoms with van der Waals surface area (Å²) in [4.78, 5) is 17.1. The van der Waals surface area contributed by atoms with Crippen LogP contribution in [0.25, 0.3) is 11.4 Å². The number of hydrogen-bond acceptors (Lipinski definition) is 6. The molecule has 2 aromatic carbocycles. The molecule has 8 nitrogen and oxygen atoms in total. The first-order valence-corrected chi connectivity index (χ1v) is 12.1. The largest absolute Gasteiger partial charge is 0.347 e. The number of nitrogens with zero attached hydrogens (tertiary/aromatic N) is 3. The average molecular weight is 495 g/mol. The van der Waals surface area contributed by atoms with Crippen molar-refractivity contribution in [2.45, 2.75) is 24.3 Å². The molecule has 1 aromatic heterocycles. The van der Waals surface area contributed by atoms with Gasteiger partial charge in [-0.25, -0.2) is 8.42 Å². The molecule has 1 amide bonds. The number of halogens is 2. The van der Waals surface area contributed by atoms with E-state index in [2.05, 4.69) is 15.5 Å². The maximum atomic E-state index is 12.9. The van der Waals surface area contributed by atoms with Crippen molar-refractivity contribution in [3.63, 3.8) is 0 Å². The SMILES string of the molecule is O=C(NCc1nc(-c2ccc(Cl)cc2)no1)C1CCCN(S(=O)(=O)c2ccc(Cl)cc2)C1. The molecule has 1 atom stereocenters. The molecule has 1 aliphatic heterocycles. The third kappa shape index (κ3) is 5.12. The van der Waals surface area contributed by atoms with Gasteiger partial charge >= 0.3 is 0 Å². The predicted octanol–water partition coefficient (Wildman–Crippen LogP) is 3.76. The summed E-state index contributed by atoms with van der Waals surface area (Å²) in [5.74, 6) is -0.0784. The van der Waals surface area contributed by atoms with Crippen molar-refractivity contribution in [2.24, 2.45) is 5.92 Å². The van der Waals surface area contributed by atoms with Gasteiger partial charge in [-0.1, -0.05) is 28.4 Å². The van der Waals surface area contributed by atoms with Gasteiger partial charge < -0.3 is 9.84 Å². The van der Waals surface area contributed by atoms with E-state index in [1.165, 1.54) is 28.6 Å². The molecule has 0 aliphatic carbocycles. The van der Waals surface area contributed by atoms with Crippen molar-refractivity contribution < 1.29 is 17.7 Å². The van der Waals surface area contributed by atoms with Crippen LogP contribution in [-0.2, 0) is 21.4 Å². The van der Waals surface area contributed by atoms with Gasteiger partial charge in [0.15, 0.2) is 0 Å². The Hall–Kier alpha value is -2.46. The van der Waals surface area contributed by atoms with Gasteiger partial charge in [0.2, 0.25) is 27.6 Å². The van der Waals surface area contributed by atoms with E-state index in [1.54, 1.807) is 24.3 Å². The number of rotatable bonds is 6. The van der Waals surface area contributed by atoms with Gasteiger partial charge in [-0.3, -0.25) is 4.79 Å². The molecule has 4 rings (SSSR count). The molecule has 1 fully saturated rings. The van der Waals surface area contributed by atoms with Crippen LogP contribution < -0.4 is 5.32 Å². The second kappa shape index (κ2) is 9.58.